The zero-order valence-corrected chi connectivity index (χ0v) is 22.0. The molecule has 0 radical (unpaired) electrons. The second-order valence-corrected chi connectivity index (χ2v) is 10.4. The molecule has 0 saturated carbocycles. The van der Waals surface area contributed by atoms with Crippen LogP contribution in [0, 0.1) is 6.92 Å². The highest BCUT2D eigenvalue weighted by Crippen LogP contribution is 2.36. The molecule has 38 heavy (non-hydrogen) atoms. The average molecular weight is 540 g/mol. The maximum atomic E-state index is 14.0. The first kappa shape index (κ1) is 25.7. The Labute approximate surface area is 220 Å². The lowest BCUT2D eigenvalue weighted by atomic mass is 10.0. The van der Waals surface area contributed by atoms with Crippen molar-refractivity contribution in [1.29, 1.82) is 0 Å². The number of hydrogen-bond donors (Lipinski definition) is 1. The second-order valence-electron chi connectivity index (χ2n) is 9.36. The SMILES string of the molecule is COC1=C([C@@H](Cn2c(=O)n(C(C)(C)C(=O)O)c(=O)c3c(C)c(-c4ncco4)sc32)OC2COC2)C=C=C=C1. The van der Waals surface area contributed by atoms with Crippen LogP contribution in [0.4, 0.5) is 0 Å². The van der Waals surface area contributed by atoms with E-state index in [-0.39, 0.29) is 18.0 Å². The van der Waals surface area contributed by atoms with Crippen LogP contribution in [0.25, 0.3) is 21.0 Å². The van der Waals surface area contributed by atoms with Crippen LogP contribution in [-0.2, 0) is 31.1 Å². The van der Waals surface area contributed by atoms with Gasteiger partial charge in [-0.3, -0.25) is 9.36 Å². The summed E-state index contributed by atoms with van der Waals surface area (Å²) in [7, 11) is 1.52. The second kappa shape index (κ2) is 9.75. The number of nitrogens with zero attached hydrogens (tertiary/aromatic N) is 3. The summed E-state index contributed by atoms with van der Waals surface area (Å²) < 4.78 is 24.7. The Morgan fingerprint density at radius 3 is 2.66 bits per heavy atom. The van der Waals surface area contributed by atoms with E-state index in [4.69, 9.17) is 18.6 Å². The molecule has 11 nitrogen and oxygen atoms in total. The Morgan fingerprint density at radius 2 is 2.05 bits per heavy atom. The number of carbonyl (C=O) groups is 1. The molecule has 198 valence electrons. The lowest BCUT2D eigenvalue weighted by Crippen LogP contribution is -2.53. The zero-order chi connectivity index (χ0) is 27.2. The molecule has 0 spiro atoms. The first-order valence-electron chi connectivity index (χ1n) is 11.8. The Kier molecular flexibility index (Phi) is 6.60. The van der Waals surface area contributed by atoms with Crippen molar-refractivity contribution in [3.63, 3.8) is 0 Å². The number of methoxy groups -OCH3 is 1. The third-order valence-corrected chi connectivity index (χ3v) is 7.90. The van der Waals surface area contributed by atoms with E-state index >= 15 is 0 Å². The Morgan fingerprint density at radius 1 is 1.32 bits per heavy atom. The molecule has 0 unspecified atom stereocenters. The largest absolute Gasteiger partial charge is 0.496 e. The molecule has 0 bridgehead atoms. The molecule has 5 rings (SSSR count). The van der Waals surface area contributed by atoms with E-state index in [0.717, 1.165) is 4.57 Å². The number of aromatic nitrogens is 3. The molecule has 1 fully saturated rings. The van der Waals surface area contributed by atoms with E-state index in [1.54, 1.807) is 19.1 Å². The lowest BCUT2D eigenvalue weighted by Gasteiger charge is -2.32. The summed E-state index contributed by atoms with van der Waals surface area (Å²) in [5.74, 6) is -0.543. The molecular weight excluding hydrogens is 514 g/mol. The summed E-state index contributed by atoms with van der Waals surface area (Å²) in [6.07, 6.45) is 5.26. The first-order chi connectivity index (χ1) is 18.1. The summed E-state index contributed by atoms with van der Waals surface area (Å²) in [6.45, 7) is 5.09. The van der Waals surface area contributed by atoms with Crippen LogP contribution in [0.3, 0.4) is 0 Å². The molecule has 1 atom stereocenters. The number of carboxylic acids is 1. The van der Waals surface area contributed by atoms with Crippen LogP contribution in [0.2, 0.25) is 0 Å². The number of oxazole rings is 1. The molecule has 0 aromatic carbocycles. The fourth-order valence-electron chi connectivity index (χ4n) is 4.35. The average Bonchev–Trinajstić information content (AvgIpc) is 3.50. The van der Waals surface area contributed by atoms with Gasteiger partial charge in [-0.1, -0.05) is 11.5 Å². The number of thiophene rings is 1. The number of hydrogen-bond acceptors (Lipinski definition) is 9. The van der Waals surface area contributed by atoms with Gasteiger partial charge in [0.1, 0.15) is 34.6 Å². The van der Waals surface area contributed by atoms with Gasteiger partial charge >= 0.3 is 11.7 Å². The fraction of sp³-hybridized carbons (Fsp3) is 0.385. The van der Waals surface area contributed by atoms with E-state index in [1.165, 1.54) is 49.3 Å². The van der Waals surface area contributed by atoms with Crippen molar-refractivity contribution in [3.8, 4) is 10.8 Å². The summed E-state index contributed by atoms with van der Waals surface area (Å²) in [5, 5.41) is 10.1. The third-order valence-electron chi connectivity index (χ3n) is 6.60. The van der Waals surface area contributed by atoms with Gasteiger partial charge in [-0.05, 0) is 32.4 Å². The van der Waals surface area contributed by atoms with E-state index in [0.29, 0.717) is 45.7 Å². The van der Waals surface area contributed by atoms with Gasteiger partial charge < -0.3 is 23.7 Å². The number of fused-ring (bicyclic) bond motifs is 1. The lowest BCUT2D eigenvalue weighted by molar-refractivity contribution is -0.149. The minimum absolute atomic E-state index is 0.0407. The van der Waals surface area contributed by atoms with Gasteiger partial charge in [0.05, 0.1) is 43.3 Å². The maximum Gasteiger partial charge on any atom is 0.333 e. The molecule has 1 aliphatic carbocycles. The molecule has 0 amide bonds. The van der Waals surface area contributed by atoms with Crippen molar-refractivity contribution in [2.45, 2.75) is 45.1 Å². The number of allylic oxidation sites excluding steroid dienone is 1. The summed E-state index contributed by atoms with van der Waals surface area (Å²) in [4.78, 5) is 45.0. The molecule has 12 heteroatoms. The molecule has 3 aromatic rings. The van der Waals surface area contributed by atoms with Crippen LogP contribution in [0.15, 0.2) is 61.4 Å². The Hall–Kier alpha value is -3.92. The maximum absolute atomic E-state index is 14.0. The summed E-state index contributed by atoms with van der Waals surface area (Å²) in [5.41, 5.74) is 3.59. The fourth-order valence-corrected chi connectivity index (χ4v) is 5.59. The number of ether oxygens (including phenoxy) is 3. The molecule has 1 saturated heterocycles. The van der Waals surface area contributed by atoms with Gasteiger partial charge in [0, 0.05) is 11.6 Å². The Bertz CT molecular complexity index is 1670. The monoisotopic (exact) mass is 539 g/mol. The van der Waals surface area contributed by atoms with Crippen LogP contribution in [0.1, 0.15) is 19.4 Å². The molecular formula is C26H25N3O8S. The molecule has 2 aliphatic rings. The van der Waals surface area contributed by atoms with E-state index in [9.17, 15) is 19.5 Å². The Balaban J connectivity index is 1.77. The predicted molar refractivity (Wildman–Crippen MR) is 137 cm³/mol. The van der Waals surface area contributed by atoms with Crippen molar-refractivity contribution in [1.82, 2.24) is 14.1 Å². The van der Waals surface area contributed by atoms with Crippen molar-refractivity contribution < 1.29 is 28.5 Å². The molecule has 1 N–H and O–H groups in total. The number of aryl methyl sites for hydroxylation is 1. The number of carboxylic acid groups (broad SMARTS) is 1. The van der Waals surface area contributed by atoms with Gasteiger partial charge in [-0.15, -0.1) is 11.3 Å². The van der Waals surface area contributed by atoms with Crippen LogP contribution < -0.4 is 11.2 Å². The van der Waals surface area contributed by atoms with Crippen LogP contribution in [0.5, 0.6) is 0 Å². The van der Waals surface area contributed by atoms with Gasteiger partial charge in [0.2, 0.25) is 5.89 Å². The minimum Gasteiger partial charge on any atom is -0.496 e. The van der Waals surface area contributed by atoms with E-state index < -0.39 is 28.9 Å². The van der Waals surface area contributed by atoms with Gasteiger partial charge in [0.25, 0.3) is 5.56 Å². The zero-order valence-electron chi connectivity index (χ0n) is 21.1. The van der Waals surface area contributed by atoms with Gasteiger partial charge in [-0.2, -0.15) is 0 Å². The van der Waals surface area contributed by atoms with Crippen molar-refractivity contribution in [3.05, 3.63) is 73.8 Å². The number of aliphatic carboxylic acids is 1. The van der Waals surface area contributed by atoms with Gasteiger partial charge in [0.15, 0.2) is 0 Å². The highest BCUT2D eigenvalue weighted by atomic mass is 32.1. The van der Waals surface area contributed by atoms with Crippen molar-refractivity contribution >= 4 is 27.5 Å². The van der Waals surface area contributed by atoms with Crippen molar-refractivity contribution in [2.24, 2.45) is 0 Å². The highest BCUT2D eigenvalue weighted by molar-refractivity contribution is 7.22. The van der Waals surface area contributed by atoms with Gasteiger partial charge in [-0.25, -0.2) is 19.1 Å². The quantitative estimate of drug-likeness (QED) is 0.407. The number of rotatable bonds is 9. The third kappa shape index (κ3) is 4.18. The minimum atomic E-state index is -1.83. The summed E-state index contributed by atoms with van der Waals surface area (Å²) >= 11 is 1.17. The smallest absolute Gasteiger partial charge is 0.333 e. The predicted octanol–water partition coefficient (Wildman–Crippen LogP) is 2.57. The highest BCUT2D eigenvalue weighted by Gasteiger charge is 2.36. The molecule has 1 aliphatic heterocycles. The molecule has 3 aromatic heterocycles. The topological polar surface area (TPSA) is 135 Å². The summed E-state index contributed by atoms with van der Waals surface area (Å²) in [6, 6.07) is 0. The van der Waals surface area contributed by atoms with Crippen molar-refractivity contribution in [2.75, 3.05) is 20.3 Å². The van der Waals surface area contributed by atoms with Crippen LogP contribution >= 0.6 is 11.3 Å². The normalized spacial score (nSPS) is 16.3. The standard InChI is InChI=1S/C26H25N3O8S/c1-14-19-22(30)29(26(2,3)24(31)32)25(33)28(23(19)38-20(14)21-27-9-10-36-21)11-18(37-15-12-35-13-15)16-7-5-6-8-17(16)34-4/h7-10,15,18H,11-13H2,1-4H3,(H,31,32)/t18-/m1/s1. The first-order valence-corrected chi connectivity index (χ1v) is 12.6. The van der Waals surface area contributed by atoms with Crippen LogP contribution in [-0.4, -0.2) is 57.7 Å². The van der Waals surface area contributed by atoms with E-state index in [2.05, 4.69) is 16.4 Å². The van der Waals surface area contributed by atoms with E-state index in [1.807, 2.05) is 0 Å². The molecule has 4 heterocycles.